The van der Waals surface area contributed by atoms with Crippen LogP contribution in [0.4, 0.5) is 10.5 Å². The summed E-state index contributed by atoms with van der Waals surface area (Å²) in [6.45, 7) is 2.58. The molecule has 1 aliphatic heterocycles. The van der Waals surface area contributed by atoms with Crippen molar-refractivity contribution in [1.82, 2.24) is 5.32 Å². The molecule has 30 heavy (non-hydrogen) atoms. The van der Waals surface area contributed by atoms with Crippen molar-refractivity contribution in [3.05, 3.63) is 58.1 Å². The fraction of sp³-hybridized carbons (Fsp3) is 0.227. The van der Waals surface area contributed by atoms with Crippen molar-refractivity contribution in [2.24, 2.45) is 0 Å². The second-order valence-corrected chi connectivity index (χ2v) is 7.46. The van der Waals surface area contributed by atoms with Gasteiger partial charge < -0.3 is 9.47 Å². The normalized spacial score (nSPS) is 15.4. The average molecular weight is 473 g/mol. The molecule has 0 atom stereocenters. The monoisotopic (exact) mass is 472 g/mol. The van der Waals surface area contributed by atoms with E-state index in [1.807, 2.05) is 6.07 Å². The van der Waals surface area contributed by atoms with Gasteiger partial charge in [0.2, 0.25) is 0 Å². The van der Waals surface area contributed by atoms with Gasteiger partial charge in [0.05, 0.1) is 19.4 Å². The lowest BCUT2D eigenvalue weighted by Gasteiger charge is -2.26. The number of methoxy groups -OCH3 is 1. The second-order valence-electron chi connectivity index (χ2n) is 6.54. The number of nitrogens with one attached hydrogen (secondary N) is 1. The number of carbonyl (C=O) groups is 3. The first-order valence-corrected chi connectivity index (χ1v) is 10.2. The molecule has 1 aliphatic rings. The molecule has 0 aromatic heterocycles. The molecule has 2 aromatic rings. The molecule has 1 N–H and O–H groups in total. The Bertz CT molecular complexity index is 1000. The Morgan fingerprint density at radius 2 is 1.83 bits per heavy atom. The van der Waals surface area contributed by atoms with Crippen molar-refractivity contribution in [3.63, 3.8) is 0 Å². The van der Waals surface area contributed by atoms with Crippen molar-refractivity contribution in [1.29, 1.82) is 0 Å². The summed E-state index contributed by atoms with van der Waals surface area (Å²) in [5.74, 6) is -0.339. The summed E-state index contributed by atoms with van der Waals surface area (Å²) in [6.07, 6.45) is 3.30. The lowest BCUT2D eigenvalue weighted by molar-refractivity contribution is -0.122. The van der Waals surface area contributed by atoms with Crippen LogP contribution in [0.5, 0.6) is 11.5 Å². The maximum atomic E-state index is 13.1. The highest BCUT2D eigenvalue weighted by atomic mass is 79.9. The summed E-state index contributed by atoms with van der Waals surface area (Å²) in [5.41, 5.74) is 0.720. The van der Waals surface area contributed by atoms with Crippen molar-refractivity contribution in [2.75, 3.05) is 18.6 Å². The number of hydrogen-bond donors (Lipinski definition) is 1. The van der Waals surface area contributed by atoms with E-state index in [9.17, 15) is 14.4 Å². The van der Waals surface area contributed by atoms with E-state index < -0.39 is 17.8 Å². The predicted octanol–water partition coefficient (Wildman–Crippen LogP) is 4.30. The van der Waals surface area contributed by atoms with Crippen LogP contribution in [0, 0.1) is 0 Å². The Balaban J connectivity index is 1.97. The number of hydrogen-bond acceptors (Lipinski definition) is 5. The highest BCUT2D eigenvalue weighted by Crippen LogP contribution is 2.28. The van der Waals surface area contributed by atoms with E-state index in [0.717, 1.165) is 22.2 Å². The molecule has 0 saturated carbocycles. The number of barbiturate groups is 1. The lowest BCUT2D eigenvalue weighted by Crippen LogP contribution is -2.54. The van der Waals surface area contributed by atoms with E-state index in [4.69, 9.17) is 9.47 Å². The van der Waals surface area contributed by atoms with Gasteiger partial charge in [-0.25, -0.2) is 9.69 Å². The predicted molar refractivity (Wildman–Crippen MR) is 117 cm³/mol. The number of ether oxygens (including phenoxy) is 2. The number of rotatable bonds is 7. The first-order chi connectivity index (χ1) is 14.4. The molecule has 3 rings (SSSR count). The maximum absolute atomic E-state index is 13.1. The van der Waals surface area contributed by atoms with E-state index in [2.05, 4.69) is 28.2 Å². The first-order valence-electron chi connectivity index (χ1n) is 9.42. The second kappa shape index (κ2) is 9.58. The molecule has 0 spiro atoms. The van der Waals surface area contributed by atoms with E-state index in [1.165, 1.54) is 13.2 Å². The highest BCUT2D eigenvalue weighted by molar-refractivity contribution is 9.10. The minimum absolute atomic E-state index is 0.163. The van der Waals surface area contributed by atoms with Crippen molar-refractivity contribution in [3.8, 4) is 11.5 Å². The molecule has 1 fully saturated rings. The third kappa shape index (κ3) is 4.71. The quantitative estimate of drug-likeness (QED) is 0.368. The van der Waals surface area contributed by atoms with Crippen LogP contribution in [0.1, 0.15) is 25.3 Å². The van der Waals surface area contributed by atoms with Gasteiger partial charge in [-0.1, -0.05) is 29.3 Å². The summed E-state index contributed by atoms with van der Waals surface area (Å²) in [6, 6.07) is 10.9. The van der Waals surface area contributed by atoms with Crippen molar-refractivity contribution < 1.29 is 23.9 Å². The van der Waals surface area contributed by atoms with Gasteiger partial charge in [-0.3, -0.25) is 14.9 Å². The van der Waals surface area contributed by atoms with Crippen LogP contribution >= 0.6 is 15.9 Å². The SMILES string of the molecule is CCCCOc1ccc(Br)cc1/C=C1\C(=O)NC(=O)N(c2ccc(OC)cc2)C1=O. The summed E-state index contributed by atoms with van der Waals surface area (Å²) in [7, 11) is 1.52. The van der Waals surface area contributed by atoms with Crippen molar-refractivity contribution >= 4 is 45.5 Å². The number of halogens is 1. The Labute approximate surface area is 182 Å². The van der Waals surface area contributed by atoms with Gasteiger partial charge in [0.25, 0.3) is 11.8 Å². The molecule has 0 aliphatic carbocycles. The third-order valence-corrected chi connectivity index (χ3v) is 4.95. The minimum atomic E-state index is -0.805. The molecule has 2 aromatic carbocycles. The van der Waals surface area contributed by atoms with E-state index >= 15 is 0 Å². The molecule has 7 nitrogen and oxygen atoms in total. The van der Waals surface area contributed by atoms with E-state index in [1.54, 1.807) is 36.4 Å². The lowest BCUT2D eigenvalue weighted by atomic mass is 10.1. The van der Waals surface area contributed by atoms with Crippen LogP contribution in [0.25, 0.3) is 6.08 Å². The van der Waals surface area contributed by atoms with Crippen molar-refractivity contribution in [2.45, 2.75) is 19.8 Å². The molecule has 156 valence electrons. The Kier molecular flexibility index (Phi) is 6.89. The van der Waals surface area contributed by atoms with Gasteiger partial charge in [-0.2, -0.15) is 0 Å². The molecule has 1 saturated heterocycles. The molecule has 0 bridgehead atoms. The summed E-state index contributed by atoms with van der Waals surface area (Å²) < 4.78 is 11.7. The number of amides is 4. The Hall–Kier alpha value is -3.13. The van der Waals surface area contributed by atoms with Crippen LogP contribution in [0.2, 0.25) is 0 Å². The van der Waals surface area contributed by atoms with Gasteiger partial charge in [0.15, 0.2) is 0 Å². The fourth-order valence-corrected chi connectivity index (χ4v) is 3.25. The van der Waals surface area contributed by atoms with Gasteiger partial charge in [-0.15, -0.1) is 0 Å². The number of urea groups is 1. The number of nitrogens with zero attached hydrogens (tertiary/aromatic N) is 1. The number of benzene rings is 2. The van der Waals surface area contributed by atoms with Crippen LogP contribution in [-0.4, -0.2) is 31.6 Å². The molecule has 0 radical (unpaired) electrons. The van der Waals surface area contributed by atoms with Crippen LogP contribution in [0.3, 0.4) is 0 Å². The molecule has 0 unspecified atom stereocenters. The summed E-state index contributed by atoms with van der Waals surface area (Å²) in [4.78, 5) is 38.8. The zero-order valence-electron chi connectivity index (χ0n) is 16.6. The Morgan fingerprint density at radius 1 is 1.10 bits per heavy atom. The molecule has 4 amide bonds. The molecule has 1 heterocycles. The summed E-state index contributed by atoms with van der Waals surface area (Å²) in [5, 5.41) is 2.22. The zero-order valence-corrected chi connectivity index (χ0v) is 18.2. The van der Waals surface area contributed by atoms with Crippen LogP contribution in [-0.2, 0) is 9.59 Å². The minimum Gasteiger partial charge on any atom is -0.497 e. The van der Waals surface area contributed by atoms with E-state index in [-0.39, 0.29) is 5.57 Å². The smallest absolute Gasteiger partial charge is 0.335 e. The first kappa shape index (κ1) is 21.6. The maximum Gasteiger partial charge on any atom is 0.335 e. The number of carbonyl (C=O) groups excluding carboxylic acids is 3. The number of anilines is 1. The molecular formula is C22H21BrN2O5. The molecule has 8 heteroatoms. The van der Waals surface area contributed by atoms with Gasteiger partial charge >= 0.3 is 6.03 Å². The largest absolute Gasteiger partial charge is 0.497 e. The fourth-order valence-electron chi connectivity index (χ4n) is 2.87. The number of unbranched alkanes of at least 4 members (excludes halogenated alkanes) is 1. The highest BCUT2D eigenvalue weighted by Gasteiger charge is 2.37. The zero-order chi connectivity index (χ0) is 21.7. The average Bonchev–Trinajstić information content (AvgIpc) is 2.73. The van der Waals surface area contributed by atoms with Gasteiger partial charge in [-0.05, 0) is 55.0 Å². The number of imide groups is 2. The Morgan fingerprint density at radius 3 is 2.50 bits per heavy atom. The summed E-state index contributed by atoms with van der Waals surface area (Å²) >= 11 is 3.40. The third-order valence-electron chi connectivity index (χ3n) is 4.46. The van der Waals surface area contributed by atoms with E-state index in [0.29, 0.717) is 29.4 Å². The topological polar surface area (TPSA) is 84.9 Å². The van der Waals surface area contributed by atoms with Gasteiger partial charge in [0.1, 0.15) is 17.1 Å². The van der Waals surface area contributed by atoms with Crippen LogP contribution in [0.15, 0.2) is 52.5 Å². The molecular weight excluding hydrogens is 452 g/mol. The van der Waals surface area contributed by atoms with Gasteiger partial charge in [0, 0.05) is 10.0 Å². The van der Waals surface area contributed by atoms with Crippen LogP contribution < -0.4 is 19.7 Å². The standard InChI is InChI=1S/C22H21BrN2O5/c1-3-4-11-30-19-10-5-15(23)12-14(19)13-18-20(26)24-22(28)25(21(18)27)16-6-8-17(29-2)9-7-16/h5-10,12-13H,3-4,11H2,1-2H3,(H,24,26,28)/b18-13+.